The van der Waals surface area contributed by atoms with Gasteiger partial charge in [-0.15, -0.1) is 0 Å². The van der Waals surface area contributed by atoms with Crippen molar-refractivity contribution in [2.75, 3.05) is 6.54 Å². The molecule has 0 saturated carbocycles. The number of hydrogen-bond acceptors (Lipinski definition) is 2. The monoisotopic (exact) mass is 259 g/mol. The van der Waals surface area contributed by atoms with E-state index in [1.165, 1.54) is 11.1 Å². The minimum absolute atomic E-state index is 0.0411. The van der Waals surface area contributed by atoms with Gasteiger partial charge in [-0.05, 0) is 50.5 Å². The average Bonchev–Trinajstić information content (AvgIpc) is 2.78. The maximum absolute atomic E-state index is 12.0. The number of carbonyl (C=O) groups is 1. The summed E-state index contributed by atoms with van der Waals surface area (Å²) in [7, 11) is 0. The van der Waals surface area contributed by atoms with Crippen LogP contribution in [0.25, 0.3) is 11.0 Å². The Hall–Kier alpha value is -1.84. The minimum Gasteiger partial charge on any atom is -0.354 e. The third kappa shape index (κ3) is 2.62. The molecule has 0 fully saturated rings. The lowest BCUT2D eigenvalue weighted by atomic mass is 10.1. The zero-order valence-electron chi connectivity index (χ0n) is 12.0. The van der Waals surface area contributed by atoms with Crippen LogP contribution >= 0.6 is 0 Å². The lowest BCUT2D eigenvalue weighted by Crippen LogP contribution is -2.31. The third-order valence-electron chi connectivity index (χ3n) is 3.54. The van der Waals surface area contributed by atoms with E-state index in [0.29, 0.717) is 6.54 Å². The Kier molecular flexibility index (Phi) is 3.88. The van der Waals surface area contributed by atoms with Gasteiger partial charge in [0.25, 0.3) is 0 Å². The van der Waals surface area contributed by atoms with E-state index in [9.17, 15) is 4.79 Å². The Morgan fingerprint density at radius 1 is 1.37 bits per heavy atom. The van der Waals surface area contributed by atoms with Crippen molar-refractivity contribution in [2.45, 2.75) is 40.2 Å². The summed E-state index contributed by atoms with van der Waals surface area (Å²) in [6.45, 7) is 8.82. The van der Waals surface area contributed by atoms with Crippen molar-refractivity contribution in [3.8, 4) is 0 Å². The number of aromatic nitrogens is 2. The average molecular weight is 259 g/mol. The summed E-state index contributed by atoms with van der Waals surface area (Å²) in [5, 5.41) is 2.92. The maximum Gasteiger partial charge on any atom is 0.242 e. The van der Waals surface area contributed by atoms with Crippen LogP contribution in [0.2, 0.25) is 0 Å². The quantitative estimate of drug-likeness (QED) is 0.917. The standard InChI is InChI=1S/C15H21N3O/c1-5-6-16-15(19)12(4)18-9-17-13-7-10(2)11(3)8-14(13)18/h7-9,12H,5-6H2,1-4H3,(H,16,19). The summed E-state index contributed by atoms with van der Waals surface area (Å²) in [6.07, 6.45) is 2.70. The van der Waals surface area contributed by atoms with Gasteiger partial charge in [0.15, 0.2) is 0 Å². The molecule has 2 rings (SSSR count). The van der Waals surface area contributed by atoms with Crippen LogP contribution in [0.5, 0.6) is 0 Å². The van der Waals surface area contributed by atoms with E-state index in [2.05, 4.69) is 36.3 Å². The number of nitrogens with one attached hydrogen (secondary N) is 1. The summed E-state index contributed by atoms with van der Waals surface area (Å²) in [4.78, 5) is 16.4. The van der Waals surface area contributed by atoms with Gasteiger partial charge in [0.1, 0.15) is 6.04 Å². The van der Waals surface area contributed by atoms with Gasteiger partial charge in [-0.2, -0.15) is 0 Å². The first-order chi connectivity index (χ1) is 9.04. The second-order valence-corrected chi connectivity index (χ2v) is 5.04. The summed E-state index contributed by atoms with van der Waals surface area (Å²) in [5.74, 6) is 0.0411. The van der Waals surface area contributed by atoms with Gasteiger partial charge >= 0.3 is 0 Å². The number of amides is 1. The Balaban J connectivity index is 2.34. The zero-order valence-corrected chi connectivity index (χ0v) is 12.0. The Morgan fingerprint density at radius 3 is 2.74 bits per heavy atom. The molecule has 1 amide bonds. The number of carbonyl (C=O) groups excluding carboxylic acids is 1. The molecule has 4 nitrogen and oxygen atoms in total. The zero-order chi connectivity index (χ0) is 14.0. The van der Waals surface area contributed by atoms with Crippen LogP contribution in [0.4, 0.5) is 0 Å². The van der Waals surface area contributed by atoms with E-state index < -0.39 is 0 Å². The van der Waals surface area contributed by atoms with Gasteiger partial charge < -0.3 is 9.88 Å². The van der Waals surface area contributed by atoms with Crippen LogP contribution in [0.1, 0.15) is 37.4 Å². The molecular formula is C15H21N3O. The molecule has 1 atom stereocenters. The van der Waals surface area contributed by atoms with Crippen molar-refractivity contribution >= 4 is 16.9 Å². The molecule has 4 heteroatoms. The highest BCUT2D eigenvalue weighted by Gasteiger charge is 2.16. The number of fused-ring (bicyclic) bond motifs is 1. The first-order valence-electron chi connectivity index (χ1n) is 6.76. The molecular weight excluding hydrogens is 238 g/mol. The number of nitrogens with zero attached hydrogens (tertiary/aromatic N) is 2. The van der Waals surface area contributed by atoms with Gasteiger partial charge in [-0.25, -0.2) is 4.98 Å². The number of rotatable bonds is 4. The Bertz CT molecular complexity index is 601. The maximum atomic E-state index is 12.0. The van der Waals surface area contributed by atoms with Gasteiger partial charge in [0, 0.05) is 6.54 Å². The number of benzene rings is 1. The van der Waals surface area contributed by atoms with Gasteiger partial charge in [-0.1, -0.05) is 6.92 Å². The lowest BCUT2D eigenvalue weighted by Gasteiger charge is -2.14. The fourth-order valence-electron chi connectivity index (χ4n) is 2.11. The topological polar surface area (TPSA) is 46.9 Å². The predicted molar refractivity (Wildman–Crippen MR) is 77.2 cm³/mol. The number of aryl methyl sites for hydroxylation is 2. The van der Waals surface area contributed by atoms with Crippen molar-refractivity contribution in [3.05, 3.63) is 29.6 Å². The van der Waals surface area contributed by atoms with E-state index in [4.69, 9.17) is 0 Å². The van der Waals surface area contributed by atoms with E-state index in [1.54, 1.807) is 6.33 Å². The highest BCUT2D eigenvalue weighted by Crippen LogP contribution is 2.21. The molecule has 0 aliphatic heterocycles. The fraction of sp³-hybridized carbons (Fsp3) is 0.467. The van der Waals surface area contributed by atoms with Crippen molar-refractivity contribution in [3.63, 3.8) is 0 Å². The largest absolute Gasteiger partial charge is 0.354 e. The third-order valence-corrected chi connectivity index (χ3v) is 3.54. The van der Waals surface area contributed by atoms with Gasteiger partial charge in [0.05, 0.1) is 17.4 Å². The molecule has 1 aromatic heterocycles. The summed E-state index contributed by atoms with van der Waals surface area (Å²) in [6, 6.07) is 3.93. The van der Waals surface area contributed by atoms with Crippen LogP contribution in [0, 0.1) is 13.8 Å². The number of imidazole rings is 1. The molecule has 0 radical (unpaired) electrons. The van der Waals surface area contributed by atoms with Crippen molar-refractivity contribution < 1.29 is 4.79 Å². The minimum atomic E-state index is -0.237. The van der Waals surface area contributed by atoms with Crippen LogP contribution < -0.4 is 5.32 Å². The fourth-order valence-corrected chi connectivity index (χ4v) is 2.11. The molecule has 0 bridgehead atoms. The second kappa shape index (κ2) is 5.43. The Labute approximate surface area is 113 Å². The molecule has 1 unspecified atom stereocenters. The van der Waals surface area contributed by atoms with Crippen LogP contribution in [-0.2, 0) is 4.79 Å². The highest BCUT2D eigenvalue weighted by atomic mass is 16.2. The molecule has 1 aromatic carbocycles. The van der Waals surface area contributed by atoms with E-state index in [1.807, 2.05) is 18.4 Å². The van der Waals surface area contributed by atoms with Gasteiger partial charge in [0.2, 0.25) is 5.91 Å². The van der Waals surface area contributed by atoms with Crippen LogP contribution in [0.3, 0.4) is 0 Å². The summed E-state index contributed by atoms with van der Waals surface area (Å²) >= 11 is 0. The van der Waals surface area contributed by atoms with Crippen LogP contribution in [0.15, 0.2) is 18.5 Å². The Morgan fingerprint density at radius 2 is 2.05 bits per heavy atom. The molecule has 0 spiro atoms. The normalized spacial score (nSPS) is 12.6. The molecule has 1 heterocycles. The predicted octanol–water partition coefficient (Wildman–Crippen LogP) is 2.74. The van der Waals surface area contributed by atoms with Crippen molar-refractivity contribution in [2.24, 2.45) is 0 Å². The van der Waals surface area contributed by atoms with Crippen molar-refractivity contribution in [1.29, 1.82) is 0 Å². The summed E-state index contributed by atoms with van der Waals surface area (Å²) in [5.41, 5.74) is 4.40. The molecule has 0 aliphatic carbocycles. The highest BCUT2D eigenvalue weighted by molar-refractivity contribution is 5.84. The first kappa shape index (κ1) is 13.6. The molecule has 2 aromatic rings. The van der Waals surface area contributed by atoms with E-state index in [-0.39, 0.29) is 11.9 Å². The first-order valence-corrected chi connectivity index (χ1v) is 6.76. The molecule has 0 saturated heterocycles. The van der Waals surface area contributed by atoms with Crippen molar-refractivity contribution in [1.82, 2.24) is 14.9 Å². The SMILES string of the molecule is CCCNC(=O)C(C)n1cnc2cc(C)c(C)cc21. The number of hydrogen-bond donors (Lipinski definition) is 1. The summed E-state index contributed by atoms with van der Waals surface area (Å²) < 4.78 is 1.94. The van der Waals surface area contributed by atoms with Gasteiger partial charge in [-0.3, -0.25) is 4.79 Å². The molecule has 0 aliphatic rings. The molecule has 1 N–H and O–H groups in total. The van der Waals surface area contributed by atoms with Crippen LogP contribution in [-0.4, -0.2) is 22.0 Å². The molecule has 19 heavy (non-hydrogen) atoms. The molecule has 102 valence electrons. The smallest absolute Gasteiger partial charge is 0.242 e. The second-order valence-electron chi connectivity index (χ2n) is 5.04. The lowest BCUT2D eigenvalue weighted by molar-refractivity contribution is -0.123. The van der Waals surface area contributed by atoms with E-state index in [0.717, 1.165) is 17.5 Å². The van der Waals surface area contributed by atoms with E-state index >= 15 is 0 Å².